The Morgan fingerprint density at radius 3 is 1.74 bits per heavy atom. The molecule has 2 heterocycles. The monoisotopic (exact) mass is 260 g/mol. The summed E-state index contributed by atoms with van der Waals surface area (Å²) in [7, 11) is 2.57. The first-order valence-corrected chi connectivity index (χ1v) is 5.78. The zero-order valence-electron chi connectivity index (χ0n) is 10.5. The fourth-order valence-corrected chi connectivity index (χ4v) is 2.72. The smallest absolute Gasteiger partial charge is 0.347 e. The first kappa shape index (κ1) is 11.9. The maximum Gasteiger partial charge on any atom is 0.347 e. The van der Waals surface area contributed by atoms with Crippen molar-refractivity contribution in [1.82, 2.24) is 0 Å². The molecule has 5 heteroatoms. The summed E-state index contributed by atoms with van der Waals surface area (Å²) >= 11 is 0. The first-order chi connectivity index (χ1) is 9.10. The Morgan fingerprint density at radius 1 is 0.947 bits per heavy atom. The number of rotatable bonds is 2. The third-order valence-electron chi connectivity index (χ3n) is 3.58. The van der Waals surface area contributed by atoms with Crippen LogP contribution in [0.5, 0.6) is 0 Å². The van der Waals surface area contributed by atoms with Crippen LogP contribution < -0.4 is 0 Å². The average molecular weight is 260 g/mol. The van der Waals surface area contributed by atoms with E-state index >= 15 is 0 Å². The van der Waals surface area contributed by atoms with Crippen molar-refractivity contribution in [3.8, 4) is 0 Å². The third-order valence-corrected chi connectivity index (χ3v) is 3.58. The van der Waals surface area contributed by atoms with Gasteiger partial charge in [-0.15, -0.1) is 0 Å². The van der Waals surface area contributed by atoms with E-state index in [1.54, 1.807) is 36.4 Å². The molecule has 2 unspecified atom stereocenters. The van der Waals surface area contributed by atoms with Crippen LogP contribution in [-0.2, 0) is 35.0 Å². The van der Waals surface area contributed by atoms with Crippen LogP contribution in [0.4, 0.5) is 0 Å². The molecule has 0 amide bonds. The van der Waals surface area contributed by atoms with Gasteiger partial charge >= 0.3 is 11.9 Å². The summed E-state index contributed by atoms with van der Waals surface area (Å²) in [6, 6.07) is 7.07. The van der Waals surface area contributed by atoms with Crippen LogP contribution in [0.1, 0.15) is 11.1 Å². The lowest BCUT2D eigenvalue weighted by molar-refractivity contribution is -0.182. The largest absolute Gasteiger partial charge is 0.466 e. The molecule has 0 N–H and O–H groups in total. The van der Waals surface area contributed by atoms with Crippen LogP contribution in [0, 0.1) is 0 Å². The second-order valence-electron chi connectivity index (χ2n) is 4.44. The van der Waals surface area contributed by atoms with E-state index in [2.05, 4.69) is 0 Å². The normalized spacial score (nSPS) is 30.0. The lowest BCUT2D eigenvalue weighted by Gasteiger charge is -2.21. The Labute approximate surface area is 109 Å². The first-order valence-electron chi connectivity index (χ1n) is 5.78. The van der Waals surface area contributed by atoms with Gasteiger partial charge in [-0.2, -0.15) is 0 Å². The number of ether oxygens (including phenoxy) is 3. The molecule has 2 aliphatic heterocycles. The van der Waals surface area contributed by atoms with E-state index in [0.29, 0.717) is 11.1 Å². The van der Waals surface area contributed by atoms with Crippen LogP contribution in [0.15, 0.2) is 36.4 Å². The van der Waals surface area contributed by atoms with E-state index in [1.807, 2.05) is 0 Å². The molecule has 0 saturated heterocycles. The van der Waals surface area contributed by atoms with E-state index in [9.17, 15) is 9.59 Å². The Morgan fingerprint density at radius 2 is 1.37 bits per heavy atom. The van der Waals surface area contributed by atoms with Gasteiger partial charge in [0, 0.05) is 11.1 Å². The van der Waals surface area contributed by atoms with Gasteiger partial charge in [0.25, 0.3) is 0 Å². The van der Waals surface area contributed by atoms with Crippen LogP contribution in [0.3, 0.4) is 0 Å². The molecular weight excluding hydrogens is 248 g/mol. The quantitative estimate of drug-likeness (QED) is 0.587. The Balaban J connectivity index is 2.24. The fourth-order valence-electron chi connectivity index (χ4n) is 2.72. The maximum atomic E-state index is 12.1. The van der Waals surface area contributed by atoms with Crippen LogP contribution in [-0.4, -0.2) is 26.2 Å². The summed E-state index contributed by atoms with van der Waals surface area (Å²) in [6.45, 7) is 0. The van der Waals surface area contributed by atoms with E-state index < -0.39 is 23.1 Å². The Kier molecular flexibility index (Phi) is 2.31. The number of methoxy groups -OCH3 is 2. The molecule has 0 aliphatic carbocycles. The molecule has 0 fully saturated rings. The zero-order valence-corrected chi connectivity index (χ0v) is 10.5. The Bertz CT molecular complexity index is 555. The van der Waals surface area contributed by atoms with Gasteiger partial charge in [0.1, 0.15) is 0 Å². The molecule has 0 spiro atoms. The molecule has 0 aromatic heterocycles. The average Bonchev–Trinajstić information content (AvgIpc) is 3.01. The number of hydrogen-bond donors (Lipinski definition) is 0. The van der Waals surface area contributed by atoms with Crippen molar-refractivity contribution in [2.75, 3.05) is 14.2 Å². The number of carbonyl (C=O) groups is 2. The molecule has 0 radical (unpaired) electrons. The summed E-state index contributed by atoms with van der Waals surface area (Å²) in [5.41, 5.74) is -1.46. The van der Waals surface area contributed by atoms with Crippen molar-refractivity contribution >= 4 is 11.9 Å². The molecule has 98 valence electrons. The molecule has 19 heavy (non-hydrogen) atoms. The fraction of sp³-hybridized carbons (Fsp3) is 0.286. The van der Waals surface area contributed by atoms with Gasteiger partial charge in [-0.05, 0) is 12.2 Å². The molecule has 2 bridgehead atoms. The number of hydrogen-bond acceptors (Lipinski definition) is 5. The van der Waals surface area contributed by atoms with Gasteiger partial charge in [-0.3, -0.25) is 0 Å². The summed E-state index contributed by atoms with van der Waals surface area (Å²) in [5, 5.41) is 0. The number of fused-ring (bicyclic) bond motifs is 5. The molecule has 2 atom stereocenters. The highest BCUT2D eigenvalue weighted by Gasteiger charge is 2.64. The molecule has 2 aliphatic rings. The van der Waals surface area contributed by atoms with Crippen LogP contribution in [0.2, 0.25) is 0 Å². The molecule has 5 nitrogen and oxygen atoms in total. The van der Waals surface area contributed by atoms with Crippen LogP contribution in [0.25, 0.3) is 0 Å². The van der Waals surface area contributed by atoms with Gasteiger partial charge in [0.05, 0.1) is 14.2 Å². The minimum absolute atomic E-state index is 0.556. The number of esters is 2. The van der Waals surface area contributed by atoms with E-state index in [4.69, 9.17) is 14.2 Å². The third kappa shape index (κ3) is 1.23. The van der Waals surface area contributed by atoms with Crippen molar-refractivity contribution in [2.45, 2.75) is 11.2 Å². The van der Waals surface area contributed by atoms with Gasteiger partial charge in [-0.1, -0.05) is 24.3 Å². The van der Waals surface area contributed by atoms with Crippen molar-refractivity contribution < 1.29 is 23.8 Å². The minimum atomic E-state index is -1.35. The molecule has 1 aromatic rings. The zero-order chi connectivity index (χ0) is 13.7. The standard InChI is InChI=1S/C14H12O5/c1-17-11(15)13-7-8-14(19-13,12(16)18-2)10-6-4-3-5-9(10)13/h3-8H,1-2H3. The summed E-state index contributed by atoms with van der Waals surface area (Å²) in [6.07, 6.45) is 3.11. The van der Waals surface area contributed by atoms with Gasteiger partial charge in [0.15, 0.2) is 0 Å². The summed E-state index contributed by atoms with van der Waals surface area (Å²) in [4.78, 5) is 24.1. The maximum absolute atomic E-state index is 12.1. The molecule has 3 rings (SSSR count). The van der Waals surface area contributed by atoms with Crippen molar-refractivity contribution in [2.24, 2.45) is 0 Å². The minimum Gasteiger partial charge on any atom is -0.466 e. The second kappa shape index (κ2) is 3.68. The summed E-state index contributed by atoms with van der Waals surface area (Å²) < 4.78 is 15.4. The van der Waals surface area contributed by atoms with Gasteiger partial charge < -0.3 is 14.2 Å². The number of carbonyl (C=O) groups excluding carboxylic acids is 2. The Hall–Kier alpha value is -2.14. The van der Waals surface area contributed by atoms with Crippen molar-refractivity contribution in [3.05, 3.63) is 47.5 Å². The van der Waals surface area contributed by atoms with Crippen molar-refractivity contribution in [3.63, 3.8) is 0 Å². The predicted molar refractivity (Wildman–Crippen MR) is 64.1 cm³/mol. The van der Waals surface area contributed by atoms with E-state index in [-0.39, 0.29) is 0 Å². The van der Waals surface area contributed by atoms with Crippen LogP contribution >= 0.6 is 0 Å². The lowest BCUT2D eigenvalue weighted by atomic mass is 9.82. The SMILES string of the molecule is COC(=O)C12C=CC(C(=O)OC)(O1)c1ccccc12. The molecule has 1 aromatic carbocycles. The van der Waals surface area contributed by atoms with E-state index in [0.717, 1.165) is 0 Å². The van der Waals surface area contributed by atoms with Crippen molar-refractivity contribution in [1.29, 1.82) is 0 Å². The lowest BCUT2D eigenvalue weighted by Crippen LogP contribution is -2.36. The molecule has 0 saturated carbocycles. The van der Waals surface area contributed by atoms with E-state index in [1.165, 1.54) is 14.2 Å². The topological polar surface area (TPSA) is 61.8 Å². The number of benzene rings is 1. The highest BCUT2D eigenvalue weighted by molar-refractivity contribution is 5.94. The molecular formula is C14H12O5. The highest BCUT2D eigenvalue weighted by Crippen LogP contribution is 2.54. The second-order valence-corrected chi connectivity index (χ2v) is 4.44. The predicted octanol–water partition coefficient (Wildman–Crippen LogP) is 1.02. The highest BCUT2D eigenvalue weighted by atomic mass is 16.6. The van der Waals surface area contributed by atoms with Gasteiger partial charge in [-0.25, -0.2) is 9.59 Å². The van der Waals surface area contributed by atoms with Gasteiger partial charge in [0.2, 0.25) is 11.2 Å². The summed E-state index contributed by atoms with van der Waals surface area (Å²) in [5.74, 6) is -1.11.